The molecule has 1 aliphatic carbocycles. The van der Waals surface area contributed by atoms with Crippen LogP contribution in [0.3, 0.4) is 0 Å². The summed E-state index contributed by atoms with van der Waals surface area (Å²) in [5.41, 5.74) is 0.590. The molecule has 0 heterocycles. The van der Waals surface area contributed by atoms with Crippen molar-refractivity contribution in [3.05, 3.63) is 28.2 Å². The van der Waals surface area contributed by atoms with Crippen LogP contribution in [-0.4, -0.2) is 17.8 Å². The van der Waals surface area contributed by atoms with Crippen LogP contribution in [0, 0.1) is 5.92 Å². The van der Waals surface area contributed by atoms with Crippen LogP contribution in [0.25, 0.3) is 0 Å². The molecule has 1 N–H and O–H groups in total. The van der Waals surface area contributed by atoms with Gasteiger partial charge in [-0.05, 0) is 42.5 Å². The molecule has 106 valence electrons. The molecule has 0 bridgehead atoms. The molecular formula is C16H23BrO2. The highest BCUT2D eigenvalue weighted by Crippen LogP contribution is 2.38. The summed E-state index contributed by atoms with van der Waals surface area (Å²) in [6, 6.07) is 5.96. The Morgan fingerprint density at radius 3 is 2.95 bits per heavy atom. The van der Waals surface area contributed by atoms with E-state index in [1.165, 1.54) is 12.8 Å². The number of methoxy groups -OCH3 is 1. The maximum atomic E-state index is 10.9. The second-order valence-electron chi connectivity index (χ2n) is 5.73. The van der Waals surface area contributed by atoms with E-state index >= 15 is 0 Å². The van der Waals surface area contributed by atoms with Crippen LogP contribution < -0.4 is 4.74 Å². The first-order valence-corrected chi connectivity index (χ1v) is 7.90. The van der Waals surface area contributed by atoms with E-state index < -0.39 is 5.60 Å². The van der Waals surface area contributed by atoms with Crippen molar-refractivity contribution in [2.75, 3.05) is 7.11 Å². The zero-order valence-electron chi connectivity index (χ0n) is 11.8. The quantitative estimate of drug-likeness (QED) is 0.892. The molecule has 0 radical (unpaired) electrons. The number of halogens is 1. The molecular weight excluding hydrogens is 304 g/mol. The number of hydrogen-bond acceptors (Lipinski definition) is 2. The van der Waals surface area contributed by atoms with E-state index in [0.717, 1.165) is 35.0 Å². The third-order valence-electron chi connectivity index (χ3n) is 4.27. The summed E-state index contributed by atoms with van der Waals surface area (Å²) in [4.78, 5) is 0. The topological polar surface area (TPSA) is 29.5 Å². The average molecular weight is 327 g/mol. The van der Waals surface area contributed by atoms with E-state index in [9.17, 15) is 5.11 Å². The fraction of sp³-hybridized carbons (Fsp3) is 0.625. The van der Waals surface area contributed by atoms with E-state index in [0.29, 0.717) is 12.3 Å². The van der Waals surface area contributed by atoms with E-state index in [1.807, 2.05) is 18.2 Å². The van der Waals surface area contributed by atoms with Gasteiger partial charge in [-0.25, -0.2) is 0 Å². The summed E-state index contributed by atoms with van der Waals surface area (Å²) in [5.74, 6) is 1.52. The Morgan fingerprint density at radius 1 is 1.47 bits per heavy atom. The van der Waals surface area contributed by atoms with Crippen LogP contribution in [0.5, 0.6) is 5.75 Å². The first-order valence-electron chi connectivity index (χ1n) is 7.11. The molecule has 1 saturated carbocycles. The summed E-state index contributed by atoms with van der Waals surface area (Å²) in [6.07, 6.45) is 6.11. The lowest BCUT2D eigenvalue weighted by Crippen LogP contribution is -2.37. The molecule has 1 aromatic carbocycles. The highest BCUT2D eigenvalue weighted by Gasteiger charge is 2.34. The van der Waals surface area contributed by atoms with Crippen LogP contribution in [0.1, 0.15) is 44.6 Å². The molecule has 3 heteroatoms. The molecule has 19 heavy (non-hydrogen) atoms. The normalized spacial score (nSPS) is 27.3. The smallest absolute Gasteiger partial charge is 0.119 e. The molecule has 0 saturated heterocycles. The zero-order chi connectivity index (χ0) is 13.9. The molecule has 1 aliphatic rings. The third kappa shape index (κ3) is 3.73. The van der Waals surface area contributed by atoms with Gasteiger partial charge in [0.2, 0.25) is 0 Å². The van der Waals surface area contributed by atoms with Gasteiger partial charge in [0.25, 0.3) is 0 Å². The second kappa shape index (κ2) is 6.27. The van der Waals surface area contributed by atoms with Crippen LogP contribution in [0.2, 0.25) is 0 Å². The Bertz CT molecular complexity index is 433. The maximum absolute atomic E-state index is 10.9. The summed E-state index contributed by atoms with van der Waals surface area (Å²) < 4.78 is 6.33. The minimum atomic E-state index is -0.548. The van der Waals surface area contributed by atoms with Gasteiger partial charge in [-0.3, -0.25) is 0 Å². The Balaban J connectivity index is 2.15. The molecule has 0 aliphatic heterocycles. The largest absolute Gasteiger partial charge is 0.497 e. The number of hydrogen-bond donors (Lipinski definition) is 1. The van der Waals surface area contributed by atoms with Crippen molar-refractivity contribution >= 4 is 15.9 Å². The third-order valence-corrected chi connectivity index (χ3v) is 5.05. The molecule has 0 spiro atoms. The molecule has 2 atom stereocenters. The Hall–Kier alpha value is -0.540. The molecule has 1 aromatic rings. The lowest BCUT2D eigenvalue weighted by Gasteiger charge is -2.37. The van der Waals surface area contributed by atoms with Crippen molar-refractivity contribution in [2.45, 2.75) is 51.0 Å². The highest BCUT2D eigenvalue weighted by atomic mass is 79.9. The standard InChI is InChI=1S/C16H23BrO2/c1-3-12-5-4-8-16(18,10-12)11-13-9-14(19-2)6-7-15(13)17/h6-7,9,12,18H,3-5,8,10-11H2,1-2H3. The number of benzene rings is 1. The van der Waals surface area contributed by atoms with Crippen molar-refractivity contribution in [2.24, 2.45) is 5.92 Å². The summed E-state index contributed by atoms with van der Waals surface area (Å²) in [6.45, 7) is 2.22. The van der Waals surface area contributed by atoms with E-state index in [2.05, 4.69) is 22.9 Å². The Kier molecular flexibility index (Phi) is 4.91. The number of rotatable bonds is 4. The van der Waals surface area contributed by atoms with Gasteiger partial charge in [-0.2, -0.15) is 0 Å². The molecule has 2 unspecified atom stereocenters. The fourth-order valence-corrected chi connectivity index (χ4v) is 3.53. The second-order valence-corrected chi connectivity index (χ2v) is 6.58. The van der Waals surface area contributed by atoms with E-state index in [-0.39, 0.29) is 0 Å². The predicted molar refractivity (Wildman–Crippen MR) is 81.6 cm³/mol. The minimum Gasteiger partial charge on any atom is -0.497 e. The first kappa shape index (κ1) is 14.9. The maximum Gasteiger partial charge on any atom is 0.119 e. The van der Waals surface area contributed by atoms with Crippen molar-refractivity contribution in [1.82, 2.24) is 0 Å². The zero-order valence-corrected chi connectivity index (χ0v) is 13.4. The summed E-state index contributed by atoms with van der Waals surface area (Å²) in [7, 11) is 1.68. The van der Waals surface area contributed by atoms with Gasteiger partial charge in [0, 0.05) is 10.9 Å². The fourth-order valence-electron chi connectivity index (χ4n) is 3.14. The van der Waals surface area contributed by atoms with Crippen LogP contribution in [0.15, 0.2) is 22.7 Å². The van der Waals surface area contributed by atoms with Gasteiger partial charge in [-0.1, -0.05) is 42.1 Å². The van der Waals surface area contributed by atoms with Crippen molar-refractivity contribution in [1.29, 1.82) is 0 Å². The van der Waals surface area contributed by atoms with Crippen molar-refractivity contribution in [3.8, 4) is 5.75 Å². The van der Waals surface area contributed by atoms with Crippen LogP contribution in [0.4, 0.5) is 0 Å². The van der Waals surface area contributed by atoms with Gasteiger partial charge in [0.15, 0.2) is 0 Å². The van der Waals surface area contributed by atoms with E-state index in [1.54, 1.807) is 7.11 Å². The SMILES string of the molecule is CCC1CCCC(O)(Cc2cc(OC)ccc2Br)C1. The van der Waals surface area contributed by atoms with Gasteiger partial charge in [-0.15, -0.1) is 0 Å². The lowest BCUT2D eigenvalue weighted by molar-refractivity contribution is -0.0163. The molecule has 2 nitrogen and oxygen atoms in total. The lowest BCUT2D eigenvalue weighted by atomic mass is 9.74. The van der Waals surface area contributed by atoms with Gasteiger partial charge < -0.3 is 9.84 Å². The van der Waals surface area contributed by atoms with Gasteiger partial charge in [0.05, 0.1) is 12.7 Å². The predicted octanol–water partition coefficient (Wildman–Crippen LogP) is 4.33. The van der Waals surface area contributed by atoms with E-state index in [4.69, 9.17) is 4.74 Å². The van der Waals surface area contributed by atoms with Crippen molar-refractivity contribution < 1.29 is 9.84 Å². The molecule has 0 aromatic heterocycles. The van der Waals surface area contributed by atoms with Gasteiger partial charge >= 0.3 is 0 Å². The van der Waals surface area contributed by atoms with Crippen LogP contribution >= 0.6 is 15.9 Å². The Labute approximate surface area is 124 Å². The summed E-state index contributed by atoms with van der Waals surface area (Å²) in [5, 5.41) is 10.9. The van der Waals surface area contributed by atoms with Crippen LogP contribution in [-0.2, 0) is 6.42 Å². The average Bonchev–Trinajstić information content (AvgIpc) is 2.41. The Morgan fingerprint density at radius 2 is 2.26 bits per heavy atom. The first-order chi connectivity index (χ1) is 9.06. The summed E-state index contributed by atoms with van der Waals surface area (Å²) >= 11 is 3.58. The highest BCUT2D eigenvalue weighted by molar-refractivity contribution is 9.10. The van der Waals surface area contributed by atoms with Gasteiger partial charge in [0.1, 0.15) is 5.75 Å². The monoisotopic (exact) mass is 326 g/mol. The molecule has 0 amide bonds. The number of ether oxygens (including phenoxy) is 1. The van der Waals surface area contributed by atoms with Crippen molar-refractivity contribution in [3.63, 3.8) is 0 Å². The minimum absolute atomic E-state index is 0.548. The number of aliphatic hydroxyl groups is 1. The molecule has 2 rings (SSSR count). The molecule has 1 fully saturated rings.